The lowest BCUT2D eigenvalue weighted by molar-refractivity contribution is -0.138. The number of aliphatic carboxylic acids is 1. The molecule has 0 saturated heterocycles. The highest BCUT2D eigenvalue weighted by Crippen LogP contribution is 2.28. The number of carbonyl (C=O) groups is 1. The van der Waals surface area contributed by atoms with Crippen molar-refractivity contribution in [3.8, 4) is 0 Å². The molecule has 0 atom stereocenters. The minimum absolute atomic E-state index is 0.128. The van der Waals surface area contributed by atoms with E-state index in [2.05, 4.69) is 4.98 Å². The van der Waals surface area contributed by atoms with E-state index in [-0.39, 0.29) is 6.54 Å². The molecule has 0 unspecified atom stereocenters. The molecule has 1 aromatic rings. The van der Waals surface area contributed by atoms with Crippen LogP contribution in [0.5, 0.6) is 0 Å². The fourth-order valence-electron chi connectivity index (χ4n) is 1.58. The molecule has 5 heteroatoms. The molecule has 1 heterocycles. The minimum atomic E-state index is -0.754. The van der Waals surface area contributed by atoms with Gasteiger partial charge in [-0.2, -0.15) is 0 Å². The first-order valence-corrected chi connectivity index (χ1v) is 5.90. The van der Waals surface area contributed by atoms with E-state index in [1.807, 2.05) is 17.2 Å². The van der Waals surface area contributed by atoms with Crippen LogP contribution in [0.4, 0.5) is 0 Å². The van der Waals surface area contributed by atoms with Gasteiger partial charge in [0.2, 0.25) is 0 Å². The third-order valence-corrected chi connectivity index (χ3v) is 3.36. The highest BCUT2D eigenvalue weighted by molar-refractivity contribution is 7.09. The summed E-state index contributed by atoms with van der Waals surface area (Å²) in [5.41, 5.74) is 1.01. The molecule has 0 spiro atoms. The predicted molar refractivity (Wildman–Crippen MR) is 57.9 cm³/mol. The maximum atomic E-state index is 10.7. The number of rotatable bonds is 5. The molecule has 1 saturated carbocycles. The van der Waals surface area contributed by atoms with Crippen molar-refractivity contribution in [2.45, 2.75) is 32.4 Å². The van der Waals surface area contributed by atoms with E-state index in [4.69, 9.17) is 5.11 Å². The van der Waals surface area contributed by atoms with Crippen LogP contribution in [-0.4, -0.2) is 33.5 Å². The maximum Gasteiger partial charge on any atom is 0.317 e. The number of carboxylic acid groups (broad SMARTS) is 1. The smallest absolute Gasteiger partial charge is 0.317 e. The second kappa shape index (κ2) is 4.28. The third-order valence-electron chi connectivity index (χ3n) is 2.41. The molecule has 0 aliphatic heterocycles. The molecule has 1 aliphatic rings. The Hall–Kier alpha value is -0.940. The van der Waals surface area contributed by atoms with Crippen LogP contribution in [-0.2, 0) is 11.3 Å². The number of carboxylic acids is 1. The number of hydrogen-bond donors (Lipinski definition) is 1. The van der Waals surface area contributed by atoms with Crippen LogP contribution in [0, 0.1) is 6.92 Å². The quantitative estimate of drug-likeness (QED) is 0.826. The Morgan fingerprint density at radius 1 is 1.73 bits per heavy atom. The number of aryl methyl sites for hydroxylation is 1. The number of thiazole rings is 1. The van der Waals surface area contributed by atoms with Crippen LogP contribution in [0.25, 0.3) is 0 Å². The molecule has 15 heavy (non-hydrogen) atoms. The summed E-state index contributed by atoms with van der Waals surface area (Å²) in [4.78, 5) is 17.0. The van der Waals surface area contributed by atoms with Gasteiger partial charge in [0.05, 0.1) is 13.1 Å². The first kappa shape index (κ1) is 10.6. The van der Waals surface area contributed by atoms with Gasteiger partial charge in [-0.25, -0.2) is 4.98 Å². The van der Waals surface area contributed by atoms with Crippen molar-refractivity contribution < 1.29 is 9.90 Å². The Morgan fingerprint density at radius 3 is 2.93 bits per heavy atom. The summed E-state index contributed by atoms with van der Waals surface area (Å²) in [5, 5.41) is 11.8. The fraction of sp³-hybridized carbons (Fsp3) is 0.600. The maximum absolute atomic E-state index is 10.7. The van der Waals surface area contributed by atoms with Crippen LogP contribution in [0.3, 0.4) is 0 Å². The summed E-state index contributed by atoms with van der Waals surface area (Å²) >= 11 is 1.60. The van der Waals surface area contributed by atoms with E-state index in [0.29, 0.717) is 12.6 Å². The number of nitrogens with zero attached hydrogens (tertiary/aromatic N) is 2. The zero-order valence-corrected chi connectivity index (χ0v) is 9.46. The summed E-state index contributed by atoms with van der Waals surface area (Å²) in [6.45, 7) is 2.76. The van der Waals surface area contributed by atoms with E-state index >= 15 is 0 Å². The second-order valence-corrected chi connectivity index (χ2v) is 4.86. The molecule has 1 N–H and O–H groups in total. The van der Waals surface area contributed by atoms with Crippen molar-refractivity contribution in [1.82, 2.24) is 9.88 Å². The van der Waals surface area contributed by atoms with Crippen LogP contribution in [0.1, 0.15) is 23.5 Å². The van der Waals surface area contributed by atoms with Crippen molar-refractivity contribution in [1.29, 1.82) is 0 Å². The third kappa shape index (κ3) is 3.00. The normalized spacial score (nSPS) is 15.9. The van der Waals surface area contributed by atoms with Gasteiger partial charge in [-0.05, 0) is 19.8 Å². The van der Waals surface area contributed by atoms with Crippen molar-refractivity contribution >= 4 is 17.3 Å². The van der Waals surface area contributed by atoms with Crippen molar-refractivity contribution in [3.63, 3.8) is 0 Å². The molecule has 4 nitrogen and oxygen atoms in total. The molecule has 1 fully saturated rings. The first-order chi connectivity index (χ1) is 7.15. The zero-order valence-electron chi connectivity index (χ0n) is 8.64. The molecule has 82 valence electrons. The van der Waals surface area contributed by atoms with Gasteiger partial charge in [-0.3, -0.25) is 9.69 Å². The Morgan fingerprint density at radius 2 is 2.47 bits per heavy atom. The second-order valence-electron chi connectivity index (χ2n) is 3.91. The molecule has 0 amide bonds. The van der Waals surface area contributed by atoms with Gasteiger partial charge in [0.25, 0.3) is 0 Å². The highest BCUT2D eigenvalue weighted by Gasteiger charge is 2.30. The van der Waals surface area contributed by atoms with Gasteiger partial charge < -0.3 is 5.11 Å². The lowest BCUT2D eigenvalue weighted by atomic mass is 10.4. The van der Waals surface area contributed by atoms with Crippen LogP contribution >= 0.6 is 11.3 Å². The van der Waals surface area contributed by atoms with E-state index in [9.17, 15) is 4.79 Å². The van der Waals surface area contributed by atoms with E-state index < -0.39 is 5.97 Å². The van der Waals surface area contributed by atoms with Gasteiger partial charge in [-0.15, -0.1) is 11.3 Å². The SMILES string of the molecule is Cc1csc(CN(CC(=O)O)C2CC2)n1. The van der Waals surface area contributed by atoms with Crippen LogP contribution < -0.4 is 0 Å². The Labute approximate surface area is 92.6 Å². The average Bonchev–Trinajstić information content (AvgIpc) is 2.90. The van der Waals surface area contributed by atoms with Gasteiger partial charge >= 0.3 is 5.97 Å². The Bertz CT molecular complexity index is 360. The predicted octanol–water partition coefficient (Wildman–Crippen LogP) is 1.50. The topological polar surface area (TPSA) is 53.4 Å². The summed E-state index contributed by atoms with van der Waals surface area (Å²) in [6, 6.07) is 0.463. The van der Waals surface area contributed by atoms with E-state index in [1.165, 1.54) is 0 Å². The van der Waals surface area contributed by atoms with Crippen molar-refractivity contribution in [2.24, 2.45) is 0 Å². The molecule has 2 rings (SSSR count). The molecular formula is C10H14N2O2S. The molecule has 0 radical (unpaired) electrons. The van der Waals surface area contributed by atoms with Crippen molar-refractivity contribution in [2.75, 3.05) is 6.54 Å². The van der Waals surface area contributed by atoms with Crippen LogP contribution in [0.15, 0.2) is 5.38 Å². The van der Waals surface area contributed by atoms with Gasteiger partial charge in [0.1, 0.15) is 5.01 Å². The van der Waals surface area contributed by atoms with Crippen LogP contribution in [0.2, 0.25) is 0 Å². The van der Waals surface area contributed by atoms with Gasteiger partial charge in [0.15, 0.2) is 0 Å². The summed E-state index contributed by atoms with van der Waals surface area (Å²) in [6.07, 6.45) is 2.25. The van der Waals surface area contributed by atoms with Crippen molar-refractivity contribution in [3.05, 3.63) is 16.1 Å². The summed E-state index contributed by atoms with van der Waals surface area (Å²) < 4.78 is 0. The van der Waals surface area contributed by atoms with E-state index in [0.717, 1.165) is 23.5 Å². The van der Waals surface area contributed by atoms with Gasteiger partial charge in [0, 0.05) is 17.1 Å². The summed E-state index contributed by atoms with van der Waals surface area (Å²) in [7, 11) is 0. The average molecular weight is 226 g/mol. The minimum Gasteiger partial charge on any atom is -0.480 e. The molecule has 1 aromatic heterocycles. The standard InChI is InChI=1S/C10H14N2O2S/c1-7-6-15-9(11-7)4-12(5-10(13)14)8-2-3-8/h6,8H,2-5H2,1H3,(H,13,14). The molecule has 0 aromatic carbocycles. The zero-order chi connectivity index (χ0) is 10.8. The Balaban J connectivity index is 1.96. The van der Waals surface area contributed by atoms with E-state index in [1.54, 1.807) is 11.3 Å². The molecule has 0 bridgehead atoms. The lowest BCUT2D eigenvalue weighted by Gasteiger charge is -2.17. The largest absolute Gasteiger partial charge is 0.480 e. The monoisotopic (exact) mass is 226 g/mol. The van der Waals surface area contributed by atoms with Gasteiger partial charge in [-0.1, -0.05) is 0 Å². The fourth-order valence-corrected chi connectivity index (χ4v) is 2.37. The molecule has 1 aliphatic carbocycles. The summed E-state index contributed by atoms with van der Waals surface area (Å²) in [5.74, 6) is -0.754. The Kier molecular flexibility index (Phi) is 3.02. The lowest BCUT2D eigenvalue weighted by Crippen LogP contribution is -2.31. The highest BCUT2D eigenvalue weighted by atomic mass is 32.1. The number of hydrogen-bond acceptors (Lipinski definition) is 4. The first-order valence-electron chi connectivity index (χ1n) is 5.02. The molecular weight excluding hydrogens is 212 g/mol. The number of aromatic nitrogens is 1.